The number of aryl methyl sites for hydroxylation is 1. The normalized spacial score (nSPS) is 18.6. The van der Waals surface area contributed by atoms with Gasteiger partial charge in [-0.15, -0.1) is 0 Å². The number of non-ortho nitro benzene ring substituents is 1. The maximum atomic E-state index is 12.8. The van der Waals surface area contributed by atoms with Gasteiger partial charge in [0.15, 0.2) is 0 Å². The lowest BCUT2D eigenvalue weighted by Crippen LogP contribution is -2.48. The largest absolute Gasteiger partial charge is 0.334 e. The molecular formula is C15H21N3O3. The molecule has 1 heterocycles. The van der Waals surface area contributed by atoms with Crippen LogP contribution in [0, 0.1) is 17.0 Å². The topological polar surface area (TPSA) is 75.5 Å². The highest BCUT2D eigenvalue weighted by Crippen LogP contribution is 2.23. The van der Waals surface area contributed by atoms with Crippen LogP contribution in [-0.2, 0) is 0 Å². The number of piperidine rings is 1. The number of likely N-dealkylation sites (tertiary alicyclic amines) is 1. The second kappa shape index (κ2) is 6.67. The van der Waals surface area contributed by atoms with E-state index in [2.05, 4.69) is 5.32 Å². The highest BCUT2D eigenvalue weighted by Gasteiger charge is 2.28. The molecule has 0 aliphatic carbocycles. The van der Waals surface area contributed by atoms with Crippen LogP contribution in [0.2, 0.25) is 0 Å². The van der Waals surface area contributed by atoms with Gasteiger partial charge >= 0.3 is 0 Å². The number of hydrogen-bond acceptors (Lipinski definition) is 4. The number of nitrogens with one attached hydrogen (secondary N) is 1. The van der Waals surface area contributed by atoms with Gasteiger partial charge in [-0.05, 0) is 38.8 Å². The summed E-state index contributed by atoms with van der Waals surface area (Å²) in [6, 6.07) is 4.63. The molecule has 1 aromatic carbocycles. The lowest BCUT2D eigenvalue weighted by molar-refractivity contribution is -0.384. The van der Waals surface area contributed by atoms with Crippen molar-refractivity contribution in [3.63, 3.8) is 0 Å². The minimum absolute atomic E-state index is 0.0360. The average Bonchev–Trinajstić information content (AvgIpc) is 2.47. The van der Waals surface area contributed by atoms with Crippen LogP contribution in [0.4, 0.5) is 5.69 Å². The predicted molar refractivity (Wildman–Crippen MR) is 80.4 cm³/mol. The Morgan fingerprint density at radius 2 is 2.24 bits per heavy atom. The van der Waals surface area contributed by atoms with E-state index < -0.39 is 4.92 Å². The molecule has 1 unspecified atom stereocenters. The van der Waals surface area contributed by atoms with Crippen molar-refractivity contribution in [1.82, 2.24) is 10.2 Å². The van der Waals surface area contributed by atoms with Crippen LogP contribution in [0.5, 0.6) is 0 Å². The van der Waals surface area contributed by atoms with Gasteiger partial charge in [-0.3, -0.25) is 14.9 Å². The Kier molecular flexibility index (Phi) is 4.90. The van der Waals surface area contributed by atoms with Crippen LogP contribution in [0.25, 0.3) is 0 Å². The van der Waals surface area contributed by atoms with Crippen molar-refractivity contribution in [2.75, 3.05) is 20.1 Å². The number of likely N-dealkylation sites (N-methyl/N-ethyl adjacent to an activating group) is 1. The second-order valence-electron chi connectivity index (χ2n) is 5.46. The molecule has 0 saturated carbocycles. The lowest BCUT2D eigenvalue weighted by atomic mass is 9.99. The number of nitro groups is 1. The first-order chi connectivity index (χ1) is 10.0. The first kappa shape index (κ1) is 15.4. The van der Waals surface area contributed by atoms with Gasteiger partial charge in [0, 0.05) is 36.8 Å². The van der Waals surface area contributed by atoms with Crippen molar-refractivity contribution in [1.29, 1.82) is 0 Å². The van der Waals surface area contributed by atoms with Crippen molar-refractivity contribution < 1.29 is 9.72 Å². The number of nitrogens with zero attached hydrogens (tertiary/aromatic N) is 2. The summed E-state index contributed by atoms with van der Waals surface area (Å²) in [5, 5.41) is 14.0. The van der Waals surface area contributed by atoms with E-state index in [0.717, 1.165) is 31.4 Å². The molecule has 1 fully saturated rings. The van der Waals surface area contributed by atoms with Gasteiger partial charge in [-0.25, -0.2) is 0 Å². The third-order valence-corrected chi connectivity index (χ3v) is 3.99. The van der Waals surface area contributed by atoms with E-state index in [-0.39, 0.29) is 17.6 Å². The minimum Gasteiger partial charge on any atom is -0.334 e. The fraction of sp³-hybridized carbons (Fsp3) is 0.533. The standard InChI is InChI=1S/C15H21N3O3/c1-11-6-7-12(18(20)21)9-14(11)15(19)17-8-4-3-5-13(17)10-16-2/h6-7,9,13,16H,3-5,8,10H2,1-2H3. The number of hydrogen-bond donors (Lipinski definition) is 1. The van der Waals surface area contributed by atoms with E-state index in [1.165, 1.54) is 12.1 Å². The van der Waals surface area contributed by atoms with Crippen molar-refractivity contribution in [3.8, 4) is 0 Å². The van der Waals surface area contributed by atoms with E-state index in [1.807, 2.05) is 18.9 Å². The van der Waals surface area contributed by atoms with Crippen LogP contribution < -0.4 is 5.32 Å². The molecule has 0 bridgehead atoms. The summed E-state index contributed by atoms with van der Waals surface area (Å²) in [7, 11) is 1.87. The van der Waals surface area contributed by atoms with Crippen LogP contribution in [0.15, 0.2) is 18.2 Å². The van der Waals surface area contributed by atoms with Crippen LogP contribution in [0.1, 0.15) is 35.2 Å². The summed E-state index contributed by atoms with van der Waals surface area (Å²) in [6.07, 6.45) is 3.07. The Morgan fingerprint density at radius 1 is 1.48 bits per heavy atom. The van der Waals surface area contributed by atoms with E-state index >= 15 is 0 Å². The van der Waals surface area contributed by atoms with Gasteiger partial charge in [-0.1, -0.05) is 6.07 Å². The van der Waals surface area contributed by atoms with Gasteiger partial charge in [0.05, 0.1) is 4.92 Å². The van der Waals surface area contributed by atoms with Crippen LogP contribution in [0.3, 0.4) is 0 Å². The van der Waals surface area contributed by atoms with Gasteiger partial charge in [0.2, 0.25) is 0 Å². The fourth-order valence-electron chi connectivity index (χ4n) is 2.82. The van der Waals surface area contributed by atoms with E-state index in [1.54, 1.807) is 6.07 Å². The van der Waals surface area contributed by atoms with Crippen LogP contribution in [-0.4, -0.2) is 41.9 Å². The van der Waals surface area contributed by atoms with Gasteiger partial charge in [0.1, 0.15) is 0 Å². The number of nitro benzene ring substituents is 1. The summed E-state index contributed by atoms with van der Waals surface area (Å²) in [5.74, 6) is -0.101. The molecular weight excluding hydrogens is 270 g/mol. The average molecular weight is 291 g/mol. The molecule has 1 aliphatic heterocycles. The molecule has 1 amide bonds. The molecule has 1 N–H and O–H groups in total. The molecule has 1 saturated heterocycles. The molecule has 21 heavy (non-hydrogen) atoms. The van der Waals surface area contributed by atoms with Crippen molar-refractivity contribution in [2.24, 2.45) is 0 Å². The monoisotopic (exact) mass is 291 g/mol. The third kappa shape index (κ3) is 3.39. The van der Waals surface area contributed by atoms with Gasteiger partial charge < -0.3 is 10.2 Å². The van der Waals surface area contributed by atoms with Crippen molar-refractivity contribution in [3.05, 3.63) is 39.4 Å². The SMILES string of the molecule is CNCC1CCCCN1C(=O)c1cc([N+](=O)[O-])ccc1C. The zero-order chi connectivity index (χ0) is 15.4. The maximum Gasteiger partial charge on any atom is 0.270 e. The Bertz CT molecular complexity index is 543. The summed E-state index contributed by atoms with van der Waals surface area (Å²) in [5.41, 5.74) is 1.18. The second-order valence-corrected chi connectivity index (χ2v) is 5.46. The molecule has 0 radical (unpaired) electrons. The molecule has 114 valence electrons. The maximum absolute atomic E-state index is 12.8. The molecule has 1 aromatic rings. The molecule has 2 rings (SSSR count). The Balaban J connectivity index is 2.29. The quantitative estimate of drug-likeness (QED) is 0.681. The Labute approximate surface area is 124 Å². The first-order valence-electron chi connectivity index (χ1n) is 7.25. The lowest BCUT2D eigenvalue weighted by Gasteiger charge is -2.36. The molecule has 0 aromatic heterocycles. The summed E-state index contributed by atoms with van der Waals surface area (Å²) >= 11 is 0. The number of benzene rings is 1. The third-order valence-electron chi connectivity index (χ3n) is 3.99. The van der Waals surface area contributed by atoms with E-state index in [0.29, 0.717) is 12.1 Å². The molecule has 6 nitrogen and oxygen atoms in total. The van der Waals surface area contributed by atoms with E-state index in [9.17, 15) is 14.9 Å². The number of amides is 1. The Morgan fingerprint density at radius 3 is 2.90 bits per heavy atom. The highest BCUT2D eigenvalue weighted by atomic mass is 16.6. The number of carbonyl (C=O) groups excluding carboxylic acids is 1. The van der Waals surface area contributed by atoms with Crippen LogP contribution >= 0.6 is 0 Å². The zero-order valence-corrected chi connectivity index (χ0v) is 12.5. The van der Waals surface area contributed by atoms with Gasteiger partial charge in [-0.2, -0.15) is 0 Å². The zero-order valence-electron chi connectivity index (χ0n) is 12.5. The molecule has 0 spiro atoms. The fourth-order valence-corrected chi connectivity index (χ4v) is 2.82. The number of rotatable bonds is 4. The van der Waals surface area contributed by atoms with E-state index in [4.69, 9.17) is 0 Å². The summed E-state index contributed by atoms with van der Waals surface area (Å²) < 4.78 is 0. The highest BCUT2D eigenvalue weighted by molar-refractivity contribution is 5.96. The molecule has 6 heteroatoms. The molecule has 1 atom stereocenters. The Hall–Kier alpha value is -1.95. The van der Waals surface area contributed by atoms with Gasteiger partial charge in [0.25, 0.3) is 11.6 Å². The first-order valence-corrected chi connectivity index (χ1v) is 7.25. The van der Waals surface area contributed by atoms with Crippen molar-refractivity contribution >= 4 is 11.6 Å². The van der Waals surface area contributed by atoms with Crippen molar-refractivity contribution in [2.45, 2.75) is 32.2 Å². The summed E-state index contributed by atoms with van der Waals surface area (Å²) in [6.45, 7) is 3.28. The predicted octanol–water partition coefficient (Wildman–Crippen LogP) is 2.12. The number of carbonyl (C=O) groups is 1. The molecule has 1 aliphatic rings. The summed E-state index contributed by atoms with van der Waals surface area (Å²) in [4.78, 5) is 25.0. The minimum atomic E-state index is -0.461. The smallest absolute Gasteiger partial charge is 0.270 e.